The summed E-state index contributed by atoms with van der Waals surface area (Å²) in [5.41, 5.74) is 2.48. The summed E-state index contributed by atoms with van der Waals surface area (Å²) in [5, 5.41) is 3.00. The van der Waals surface area contributed by atoms with Crippen LogP contribution in [0.3, 0.4) is 0 Å². The van der Waals surface area contributed by atoms with Gasteiger partial charge in [-0.2, -0.15) is 0 Å². The Kier molecular flexibility index (Phi) is 2.79. The molecule has 1 aromatic heterocycles. The van der Waals surface area contributed by atoms with Crippen LogP contribution in [-0.2, 0) is 13.6 Å². The standard InChI is InChI=1S/C10H11ClN2O2/c1-13-8-4-7(5-12-6-11)2-3-9(8)15-10(13)14/h2-4,12H,5-6H2,1H3. The van der Waals surface area contributed by atoms with Crippen molar-refractivity contribution in [3.8, 4) is 0 Å². The highest BCUT2D eigenvalue weighted by Gasteiger charge is 2.05. The van der Waals surface area contributed by atoms with E-state index in [0.29, 0.717) is 18.1 Å². The first-order chi connectivity index (χ1) is 7.22. The summed E-state index contributed by atoms with van der Waals surface area (Å²) in [6.45, 7) is 0.679. The molecule has 2 aromatic rings. The Bertz CT molecular complexity index is 530. The number of halogens is 1. The van der Waals surface area contributed by atoms with Crippen molar-refractivity contribution in [3.63, 3.8) is 0 Å². The maximum absolute atomic E-state index is 11.2. The first kappa shape index (κ1) is 10.3. The summed E-state index contributed by atoms with van der Waals surface area (Å²) in [7, 11) is 1.69. The van der Waals surface area contributed by atoms with Crippen molar-refractivity contribution in [1.82, 2.24) is 9.88 Å². The van der Waals surface area contributed by atoms with Crippen molar-refractivity contribution in [2.45, 2.75) is 6.54 Å². The average molecular weight is 227 g/mol. The molecule has 2 rings (SSSR count). The Morgan fingerprint density at radius 1 is 1.53 bits per heavy atom. The minimum atomic E-state index is -0.340. The lowest BCUT2D eigenvalue weighted by Gasteiger charge is -2.01. The van der Waals surface area contributed by atoms with Gasteiger partial charge in [0.2, 0.25) is 0 Å². The SMILES string of the molecule is Cn1c(=O)oc2ccc(CNCCl)cc21. The zero-order chi connectivity index (χ0) is 10.8. The molecule has 4 nitrogen and oxygen atoms in total. The van der Waals surface area contributed by atoms with Crippen LogP contribution >= 0.6 is 11.6 Å². The van der Waals surface area contributed by atoms with Crippen molar-refractivity contribution in [3.05, 3.63) is 34.3 Å². The number of hydrogen-bond acceptors (Lipinski definition) is 3. The molecule has 80 valence electrons. The van der Waals surface area contributed by atoms with Gasteiger partial charge in [-0.05, 0) is 17.7 Å². The Balaban J connectivity index is 2.45. The molecule has 1 aromatic carbocycles. The van der Waals surface area contributed by atoms with E-state index in [4.69, 9.17) is 16.0 Å². The molecule has 0 unspecified atom stereocenters. The number of aryl methyl sites for hydroxylation is 1. The molecule has 0 atom stereocenters. The molecule has 0 saturated heterocycles. The molecule has 0 radical (unpaired) electrons. The Morgan fingerprint density at radius 2 is 2.33 bits per heavy atom. The maximum atomic E-state index is 11.2. The van der Waals surface area contributed by atoms with Crippen molar-refractivity contribution >= 4 is 22.7 Å². The summed E-state index contributed by atoms with van der Waals surface area (Å²) in [4.78, 5) is 11.2. The molecular formula is C10H11ClN2O2. The molecule has 15 heavy (non-hydrogen) atoms. The van der Waals surface area contributed by atoms with E-state index in [1.165, 1.54) is 4.57 Å². The summed E-state index contributed by atoms with van der Waals surface area (Å²) in [5.74, 6) is -0.340. The van der Waals surface area contributed by atoms with E-state index in [-0.39, 0.29) is 5.76 Å². The zero-order valence-electron chi connectivity index (χ0n) is 8.29. The molecule has 0 spiro atoms. The summed E-state index contributed by atoms with van der Waals surface area (Å²) in [6.07, 6.45) is 0. The molecular weight excluding hydrogens is 216 g/mol. The summed E-state index contributed by atoms with van der Waals surface area (Å²) in [6, 6.07) is 6.02. The molecule has 0 aliphatic rings. The Labute approximate surface area is 91.4 Å². The van der Waals surface area contributed by atoms with E-state index in [2.05, 4.69) is 5.32 Å². The predicted octanol–water partition coefficient (Wildman–Crippen LogP) is 1.42. The second-order valence-electron chi connectivity index (χ2n) is 3.29. The lowest BCUT2D eigenvalue weighted by atomic mass is 10.2. The molecule has 0 aliphatic carbocycles. The van der Waals surface area contributed by atoms with Crippen LogP contribution in [0.4, 0.5) is 0 Å². The quantitative estimate of drug-likeness (QED) is 0.636. The van der Waals surface area contributed by atoms with Gasteiger partial charge in [-0.3, -0.25) is 9.88 Å². The fraction of sp³-hybridized carbons (Fsp3) is 0.300. The third-order valence-corrected chi connectivity index (χ3v) is 2.47. The van der Waals surface area contributed by atoms with Gasteiger partial charge in [-0.15, -0.1) is 11.6 Å². The van der Waals surface area contributed by atoms with Crippen LogP contribution < -0.4 is 11.1 Å². The summed E-state index contributed by atoms with van der Waals surface area (Å²) >= 11 is 5.52. The Morgan fingerprint density at radius 3 is 3.07 bits per heavy atom. The lowest BCUT2D eigenvalue weighted by Crippen LogP contribution is -2.11. The van der Waals surface area contributed by atoms with Crippen LogP contribution in [-0.4, -0.2) is 10.6 Å². The van der Waals surface area contributed by atoms with E-state index in [9.17, 15) is 4.79 Å². The zero-order valence-corrected chi connectivity index (χ0v) is 9.04. The largest absolute Gasteiger partial charge is 0.419 e. The first-order valence-electron chi connectivity index (χ1n) is 4.57. The highest BCUT2D eigenvalue weighted by molar-refractivity contribution is 6.17. The minimum Gasteiger partial charge on any atom is -0.408 e. The van der Waals surface area contributed by atoms with E-state index in [1.807, 2.05) is 12.1 Å². The van der Waals surface area contributed by atoms with Gasteiger partial charge < -0.3 is 4.42 Å². The van der Waals surface area contributed by atoms with Crippen LogP contribution in [0.25, 0.3) is 11.1 Å². The average Bonchev–Trinajstić information content (AvgIpc) is 2.52. The topological polar surface area (TPSA) is 47.2 Å². The fourth-order valence-corrected chi connectivity index (χ4v) is 1.57. The van der Waals surface area contributed by atoms with Gasteiger partial charge in [0.05, 0.1) is 11.5 Å². The van der Waals surface area contributed by atoms with Crippen LogP contribution in [0.1, 0.15) is 5.56 Å². The number of nitrogens with zero attached hydrogens (tertiary/aromatic N) is 1. The smallest absolute Gasteiger partial charge is 0.408 e. The maximum Gasteiger partial charge on any atom is 0.419 e. The molecule has 0 saturated carbocycles. The van der Waals surface area contributed by atoms with Crippen molar-refractivity contribution in [2.75, 3.05) is 6.00 Å². The van der Waals surface area contributed by atoms with Crippen LogP contribution in [0.2, 0.25) is 0 Å². The number of fused-ring (bicyclic) bond motifs is 1. The van der Waals surface area contributed by atoms with Crippen LogP contribution in [0.5, 0.6) is 0 Å². The number of alkyl halides is 1. The number of nitrogens with one attached hydrogen (secondary N) is 1. The van der Waals surface area contributed by atoms with Gasteiger partial charge in [-0.25, -0.2) is 4.79 Å². The third kappa shape index (κ3) is 1.91. The van der Waals surface area contributed by atoms with Crippen molar-refractivity contribution in [1.29, 1.82) is 0 Å². The van der Waals surface area contributed by atoms with Gasteiger partial charge in [0.15, 0.2) is 5.58 Å². The first-order valence-corrected chi connectivity index (χ1v) is 5.11. The molecule has 0 aliphatic heterocycles. The van der Waals surface area contributed by atoms with Crippen LogP contribution in [0.15, 0.2) is 27.4 Å². The van der Waals surface area contributed by atoms with Gasteiger partial charge in [0.1, 0.15) is 0 Å². The highest BCUT2D eigenvalue weighted by atomic mass is 35.5. The number of rotatable bonds is 3. The molecule has 0 amide bonds. The van der Waals surface area contributed by atoms with E-state index in [1.54, 1.807) is 13.1 Å². The van der Waals surface area contributed by atoms with Crippen molar-refractivity contribution in [2.24, 2.45) is 7.05 Å². The number of benzene rings is 1. The molecule has 0 fully saturated rings. The predicted molar refractivity (Wildman–Crippen MR) is 59.0 cm³/mol. The second-order valence-corrected chi connectivity index (χ2v) is 3.56. The monoisotopic (exact) mass is 226 g/mol. The molecule has 1 N–H and O–H groups in total. The van der Waals surface area contributed by atoms with E-state index < -0.39 is 0 Å². The van der Waals surface area contributed by atoms with Gasteiger partial charge in [0.25, 0.3) is 0 Å². The molecule has 5 heteroatoms. The van der Waals surface area contributed by atoms with E-state index >= 15 is 0 Å². The minimum absolute atomic E-state index is 0.340. The second kappa shape index (κ2) is 4.08. The number of oxazole rings is 1. The van der Waals surface area contributed by atoms with Gasteiger partial charge >= 0.3 is 5.76 Å². The molecule has 0 bridgehead atoms. The van der Waals surface area contributed by atoms with Gasteiger partial charge in [-0.1, -0.05) is 6.07 Å². The van der Waals surface area contributed by atoms with Crippen LogP contribution in [0, 0.1) is 0 Å². The number of aromatic nitrogens is 1. The van der Waals surface area contributed by atoms with Crippen molar-refractivity contribution < 1.29 is 4.42 Å². The Hall–Kier alpha value is -1.26. The van der Waals surface area contributed by atoms with Gasteiger partial charge in [0, 0.05) is 13.6 Å². The molecule has 1 heterocycles. The fourth-order valence-electron chi connectivity index (χ4n) is 1.47. The lowest BCUT2D eigenvalue weighted by molar-refractivity contribution is 0.528. The number of hydrogen-bond donors (Lipinski definition) is 1. The highest BCUT2D eigenvalue weighted by Crippen LogP contribution is 2.13. The van der Waals surface area contributed by atoms with E-state index in [0.717, 1.165) is 11.1 Å². The summed E-state index contributed by atoms with van der Waals surface area (Å²) < 4.78 is 6.50. The normalized spacial score (nSPS) is 11.1. The third-order valence-electron chi connectivity index (χ3n) is 2.28.